The van der Waals surface area contributed by atoms with Gasteiger partial charge in [-0.15, -0.1) is 0 Å². The van der Waals surface area contributed by atoms with Gasteiger partial charge in [0, 0.05) is 32.7 Å². The van der Waals surface area contributed by atoms with E-state index in [0.717, 1.165) is 19.4 Å². The molecule has 0 aromatic carbocycles. The Bertz CT molecular complexity index is 193. The Morgan fingerprint density at radius 3 is 2.73 bits per heavy atom. The molecule has 0 aromatic heterocycles. The molecule has 4 heteroatoms. The van der Waals surface area contributed by atoms with Gasteiger partial charge >= 0.3 is 0 Å². The topological polar surface area (TPSA) is 55.6 Å². The molecule has 1 amide bonds. The minimum atomic E-state index is 0.267. The van der Waals surface area contributed by atoms with Crippen LogP contribution in [0.2, 0.25) is 0 Å². The monoisotopic (exact) mass is 214 g/mol. The Balaban J connectivity index is 2.24. The van der Waals surface area contributed by atoms with Gasteiger partial charge in [-0.3, -0.25) is 4.79 Å². The molecule has 1 rings (SSSR count). The van der Waals surface area contributed by atoms with Gasteiger partial charge in [0.2, 0.25) is 5.91 Å². The molecule has 4 nitrogen and oxygen atoms in total. The maximum Gasteiger partial charge on any atom is 0.222 e. The molecule has 0 atom stereocenters. The lowest BCUT2D eigenvalue weighted by Crippen LogP contribution is -2.34. The Morgan fingerprint density at radius 2 is 2.20 bits per heavy atom. The molecule has 1 aliphatic rings. The highest BCUT2D eigenvalue weighted by molar-refractivity contribution is 5.76. The van der Waals surface area contributed by atoms with Crippen molar-refractivity contribution in [2.45, 2.75) is 38.1 Å². The molecule has 0 heterocycles. The number of rotatable bonds is 8. The first-order valence-corrected chi connectivity index (χ1v) is 5.78. The molecule has 0 bridgehead atoms. The average molecular weight is 214 g/mol. The quantitative estimate of drug-likeness (QED) is 0.607. The van der Waals surface area contributed by atoms with Crippen LogP contribution in [0.4, 0.5) is 0 Å². The molecule has 0 aromatic rings. The van der Waals surface area contributed by atoms with Crippen LogP contribution in [0.3, 0.4) is 0 Å². The largest absolute Gasteiger partial charge is 0.385 e. The van der Waals surface area contributed by atoms with Crippen LogP contribution >= 0.6 is 0 Å². The number of ether oxygens (including phenoxy) is 1. The van der Waals surface area contributed by atoms with Crippen molar-refractivity contribution in [2.24, 2.45) is 5.73 Å². The second-order valence-corrected chi connectivity index (χ2v) is 4.06. The van der Waals surface area contributed by atoms with Gasteiger partial charge in [0.1, 0.15) is 0 Å². The number of carbonyl (C=O) groups excluding carboxylic acids is 1. The fraction of sp³-hybridized carbons (Fsp3) is 0.909. The fourth-order valence-corrected chi connectivity index (χ4v) is 1.67. The second-order valence-electron chi connectivity index (χ2n) is 4.06. The lowest BCUT2D eigenvalue weighted by molar-refractivity contribution is -0.132. The van der Waals surface area contributed by atoms with Gasteiger partial charge in [-0.25, -0.2) is 0 Å². The van der Waals surface area contributed by atoms with Gasteiger partial charge in [-0.2, -0.15) is 0 Å². The van der Waals surface area contributed by atoms with E-state index in [0.29, 0.717) is 25.6 Å². The Labute approximate surface area is 91.8 Å². The minimum Gasteiger partial charge on any atom is -0.385 e. The first-order valence-electron chi connectivity index (χ1n) is 5.78. The van der Waals surface area contributed by atoms with Gasteiger partial charge in [0.25, 0.3) is 0 Å². The molecule has 0 spiro atoms. The van der Waals surface area contributed by atoms with E-state index in [4.69, 9.17) is 10.5 Å². The zero-order chi connectivity index (χ0) is 11.1. The molecule has 0 saturated heterocycles. The van der Waals surface area contributed by atoms with Crippen LogP contribution in [0.15, 0.2) is 0 Å². The van der Waals surface area contributed by atoms with Gasteiger partial charge in [0.15, 0.2) is 0 Å². The van der Waals surface area contributed by atoms with E-state index in [2.05, 4.69) is 0 Å². The smallest absolute Gasteiger partial charge is 0.222 e. The van der Waals surface area contributed by atoms with Crippen molar-refractivity contribution in [1.82, 2.24) is 4.90 Å². The van der Waals surface area contributed by atoms with Gasteiger partial charge in [-0.1, -0.05) is 0 Å². The van der Waals surface area contributed by atoms with Crippen molar-refractivity contribution in [3.8, 4) is 0 Å². The number of amides is 1. The van der Waals surface area contributed by atoms with Crippen molar-refractivity contribution >= 4 is 5.91 Å². The van der Waals surface area contributed by atoms with Crippen molar-refractivity contribution < 1.29 is 9.53 Å². The van der Waals surface area contributed by atoms with Crippen LogP contribution in [0.5, 0.6) is 0 Å². The van der Waals surface area contributed by atoms with E-state index in [9.17, 15) is 4.79 Å². The average Bonchev–Trinajstić information content (AvgIpc) is 3.03. The summed E-state index contributed by atoms with van der Waals surface area (Å²) in [7, 11) is 1.66. The summed E-state index contributed by atoms with van der Waals surface area (Å²) in [5.41, 5.74) is 5.46. The molecule has 0 unspecified atom stereocenters. The number of methoxy groups -OCH3 is 1. The summed E-state index contributed by atoms with van der Waals surface area (Å²) < 4.78 is 4.94. The molecule has 1 aliphatic carbocycles. The van der Waals surface area contributed by atoms with Crippen molar-refractivity contribution in [3.63, 3.8) is 0 Å². The van der Waals surface area contributed by atoms with E-state index in [1.807, 2.05) is 4.90 Å². The predicted molar refractivity (Wildman–Crippen MR) is 59.5 cm³/mol. The Hall–Kier alpha value is -0.610. The highest BCUT2D eigenvalue weighted by Gasteiger charge is 2.31. The Morgan fingerprint density at radius 1 is 1.47 bits per heavy atom. The zero-order valence-electron chi connectivity index (χ0n) is 9.58. The summed E-state index contributed by atoms with van der Waals surface area (Å²) in [4.78, 5) is 13.8. The van der Waals surface area contributed by atoms with Crippen LogP contribution in [0.1, 0.15) is 32.1 Å². The number of nitrogens with zero attached hydrogens (tertiary/aromatic N) is 1. The summed E-state index contributed by atoms with van der Waals surface area (Å²) in [5.74, 6) is 0.267. The summed E-state index contributed by atoms with van der Waals surface area (Å²) >= 11 is 0. The molecular formula is C11H22N2O2. The van der Waals surface area contributed by atoms with E-state index in [1.54, 1.807) is 7.11 Å². The molecule has 88 valence electrons. The third kappa shape index (κ3) is 4.62. The summed E-state index contributed by atoms with van der Waals surface area (Å²) in [5, 5.41) is 0. The standard InChI is InChI=1S/C11H22N2O2/c1-15-9-2-4-11(14)13(8-3-7-12)10-5-6-10/h10H,2-9,12H2,1H3. The van der Waals surface area contributed by atoms with Crippen molar-refractivity contribution in [3.05, 3.63) is 0 Å². The molecule has 1 saturated carbocycles. The van der Waals surface area contributed by atoms with Crippen LogP contribution in [-0.4, -0.2) is 43.7 Å². The van der Waals surface area contributed by atoms with E-state index in [-0.39, 0.29) is 5.91 Å². The lowest BCUT2D eigenvalue weighted by Gasteiger charge is -2.22. The van der Waals surface area contributed by atoms with Gasteiger partial charge in [0.05, 0.1) is 0 Å². The molecule has 2 N–H and O–H groups in total. The second kappa shape index (κ2) is 6.80. The summed E-state index contributed by atoms with van der Waals surface area (Å²) in [6, 6.07) is 0.506. The summed E-state index contributed by atoms with van der Waals surface area (Å²) in [6.07, 6.45) is 4.67. The maximum absolute atomic E-state index is 11.8. The normalized spacial score (nSPS) is 15.3. The highest BCUT2D eigenvalue weighted by atomic mass is 16.5. The number of hydrogen-bond donors (Lipinski definition) is 1. The Kier molecular flexibility index (Phi) is 5.65. The third-order valence-corrected chi connectivity index (χ3v) is 2.65. The number of hydrogen-bond acceptors (Lipinski definition) is 3. The third-order valence-electron chi connectivity index (χ3n) is 2.65. The zero-order valence-corrected chi connectivity index (χ0v) is 9.58. The molecule has 0 radical (unpaired) electrons. The molecular weight excluding hydrogens is 192 g/mol. The summed E-state index contributed by atoms with van der Waals surface area (Å²) in [6.45, 7) is 2.16. The van der Waals surface area contributed by atoms with Gasteiger partial charge < -0.3 is 15.4 Å². The van der Waals surface area contributed by atoms with Gasteiger partial charge in [-0.05, 0) is 32.2 Å². The molecule has 1 fully saturated rings. The van der Waals surface area contributed by atoms with Crippen LogP contribution in [-0.2, 0) is 9.53 Å². The van der Waals surface area contributed by atoms with Crippen molar-refractivity contribution in [2.75, 3.05) is 26.8 Å². The minimum absolute atomic E-state index is 0.267. The highest BCUT2D eigenvalue weighted by Crippen LogP contribution is 2.27. The number of nitrogens with two attached hydrogens (primary N) is 1. The maximum atomic E-state index is 11.8. The van der Waals surface area contributed by atoms with Crippen LogP contribution in [0.25, 0.3) is 0 Å². The van der Waals surface area contributed by atoms with E-state index < -0.39 is 0 Å². The first-order chi connectivity index (χ1) is 7.29. The predicted octanol–water partition coefficient (Wildman–Crippen LogP) is 0.753. The van der Waals surface area contributed by atoms with E-state index in [1.165, 1.54) is 12.8 Å². The fourth-order valence-electron chi connectivity index (χ4n) is 1.67. The van der Waals surface area contributed by atoms with Crippen molar-refractivity contribution in [1.29, 1.82) is 0 Å². The lowest BCUT2D eigenvalue weighted by atomic mass is 10.2. The molecule has 0 aliphatic heterocycles. The van der Waals surface area contributed by atoms with Crippen LogP contribution < -0.4 is 5.73 Å². The van der Waals surface area contributed by atoms with Crippen LogP contribution in [0, 0.1) is 0 Å². The van der Waals surface area contributed by atoms with E-state index >= 15 is 0 Å². The SMILES string of the molecule is COCCCC(=O)N(CCCN)C1CC1. The number of carbonyl (C=O) groups is 1. The first kappa shape index (κ1) is 12.5. The molecule has 15 heavy (non-hydrogen) atoms.